The molecule has 17 heteroatoms. The fourth-order valence-electron chi connectivity index (χ4n) is 4.16. The number of nitrogens with one attached hydrogen (secondary N) is 1. The van der Waals surface area contributed by atoms with Gasteiger partial charge in [-0.3, -0.25) is 32.7 Å². The molecule has 2 unspecified atom stereocenters. The van der Waals surface area contributed by atoms with Gasteiger partial charge in [0.1, 0.15) is 25.0 Å². The zero-order chi connectivity index (χ0) is 32.7. The van der Waals surface area contributed by atoms with Crippen molar-refractivity contribution in [2.24, 2.45) is 0 Å². The molecule has 1 saturated heterocycles. The number of ether oxygens (including phenoxy) is 3. The Kier molecular flexibility index (Phi) is 14.9. The summed E-state index contributed by atoms with van der Waals surface area (Å²) in [7, 11) is -4.20. The normalized spacial score (nSPS) is 19.0. The van der Waals surface area contributed by atoms with Gasteiger partial charge < -0.3 is 14.2 Å². The number of unbranched alkanes of at least 4 members (excludes halogenated alkanes) is 3. The van der Waals surface area contributed by atoms with Crippen molar-refractivity contribution in [3.63, 3.8) is 0 Å². The lowest BCUT2D eigenvalue weighted by molar-refractivity contribution is -0.150. The molecule has 0 spiro atoms. The first-order chi connectivity index (χ1) is 21.6. The molecule has 0 radical (unpaired) electrons. The van der Waals surface area contributed by atoms with Crippen LogP contribution in [0.3, 0.4) is 0 Å². The predicted octanol–water partition coefficient (Wildman–Crippen LogP) is 4.60. The maximum atomic E-state index is 13.8. The van der Waals surface area contributed by atoms with E-state index in [4.69, 9.17) is 33.0 Å². The van der Waals surface area contributed by atoms with Crippen LogP contribution in [0.2, 0.25) is 0 Å². The highest BCUT2D eigenvalue weighted by atomic mass is 32.2. The van der Waals surface area contributed by atoms with E-state index >= 15 is 0 Å². The molecule has 0 saturated carbocycles. The summed E-state index contributed by atoms with van der Waals surface area (Å²) < 4.78 is 60.3. The summed E-state index contributed by atoms with van der Waals surface area (Å²) in [5.74, 6) is -1.30. The van der Waals surface area contributed by atoms with E-state index in [0.29, 0.717) is 24.8 Å². The van der Waals surface area contributed by atoms with Crippen molar-refractivity contribution < 1.29 is 46.3 Å². The third-order valence-electron chi connectivity index (χ3n) is 6.30. The maximum Gasteiger partial charge on any atom is 0.474 e. The number of esters is 1. The van der Waals surface area contributed by atoms with Crippen LogP contribution in [0.15, 0.2) is 46.1 Å². The lowest BCUT2D eigenvalue weighted by atomic mass is 10.2. The lowest BCUT2D eigenvalue weighted by Gasteiger charge is -2.22. The Morgan fingerprint density at radius 1 is 1.13 bits per heavy atom. The molecule has 1 aromatic carbocycles. The van der Waals surface area contributed by atoms with E-state index in [-0.39, 0.29) is 38.0 Å². The van der Waals surface area contributed by atoms with E-state index in [1.165, 1.54) is 0 Å². The van der Waals surface area contributed by atoms with Gasteiger partial charge in [0.15, 0.2) is 0 Å². The predicted molar refractivity (Wildman–Crippen MR) is 159 cm³/mol. The Labute approximate surface area is 262 Å². The summed E-state index contributed by atoms with van der Waals surface area (Å²) in [4.78, 5) is 49.0. The van der Waals surface area contributed by atoms with Gasteiger partial charge in [0.05, 0.1) is 38.5 Å². The van der Waals surface area contributed by atoms with Crippen LogP contribution in [-0.4, -0.2) is 58.6 Å². The number of phosphoric ester groups is 1. The van der Waals surface area contributed by atoms with Gasteiger partial charge in [-0.25, -0.2) is 14.2 Å². The Morgan fingerprint density at radius 3 is 2.60 bits per heavy atom. The molecule has 2 heterocycles. The van der Waals surface area contributed by atoms with Gasteiger partial charge in [0.25, 0.3) is 5.56 Å². The van der Waals surface area contributed by atoms with E-state index in [1.54, 1.807) is 0 Å². The topological polar surface area (TPSA) is 185 Å². The second-order valence-corrected chi connectivity index (χ2v) is 12.5. The number of hydrogen-bond donors (Lipinski definition) is 1. The fraction of sp³-hybridized carbons (Fsp3) is 0.536. The molecule has 0 bridgehead atoms. The monoisotopic (exact) mass is 671 g/mol. The lowest BCUT2D eigenvalue weighted by Crippen LogP contribution is -2.34. The van der Waals surface area contributed by atoms with Crippen LogP contribution in [0.4, 0.5) is 9.18 Å². The number of aromatic amines is 1. The minimum atomic E-state index is -4.20. The summed E-state index contributed by atoms with van der Waals surface area (Å²) in [5, 5.41) is 8.49. The molecule has 45 heavy (non-hydrogen) atoms. The molecule has 3 rings (SSSR count). The Balaban J connectivity index is 1.44. The van der Waals surface area contributed by atoms with Gasteiger partial charge in [-0.05, 0) is 30.2 Å². The van der Waals surface area contributed by atoms with Crippen molar-refractivity contribution in [2.45, 2.75) is 70.5 Å². The average molecular weight is 672 g/mol. The van der Waals surface area contributed by atoms with Gasteiger partial charge >= 0.3 is 24.8 Å². The Morgan fingerprint density at radius 2 is 1.87 bits per heavy atom. The molecular formula is C28H35FN3O11PS. The van der Waals surface area contributed by atoms with Crippen LogP contribution in [0.5, 0.6) is 0 Å². The van der Waals surface area contributed by atoms with Crippen molar-refractivity contribution in [1.82, 2.24) is 9.55 Å². The zero-order valence-corrected chi connectivity index (χ0v) is 26.3. The second kappa shape index (κ2) is 18.6. The summed E-state index contributed by atoms with van der Waals surface area (Å²) >= 11 is 1.10. The SMILES string of the molecule is CC(=O)OC1C[C@H](n2cc(F)c(=O)[nH]c2=O)O[C@@H]1COP(=O)(OCCC#N)OCCCCCCSC(=O)OCc1ccccc1. The highest BCUT2D eigenvalue weighted by Gasteiger charge is 2.41. The van der Waals surface area contributed by atoms with Gasteiger partial charge in [-0.2, -0.15) is 9.65 Å². The molecule has 1 aliphatic rings. The molecule has 246 valence electrons. The molecule has 14 nitrogen and oxygen atoms in total. The quantitative estimate of drug-likeness (QED) is 0.132. The number of carbonyl (C=O) groups excluding carboxylic acids is 2. The van der Waals surface area contributed by atoms with Crippen LogP contribution < -0.4 is 11.2 Å². The van der Waals surface area contributed by atoms with Gasteiger partial charge in [0, 0.05) is 19.1 Å². The van der Waals surface area contributed by atoms with Crippen molar-refractivity contribution in [1.29, 1.82) is 5.26 Å². The third-order valence-corrected chi connectivity index (χ3v) is 8.61. The molecule has 1 aromatic heterocycles. The Bertz CT molecular complexity index is 1470. The van der Waals surface area contributed by atoms with Gasteiger partial charge in [-0.15, -0.1) is 0 Å². The van der Waals surface area contributed by atoms with Gasteiger partial charge in [0.2, 0.25) is 5.82 Å². The van der Waals surface area contributed by atoms with Crippen molar-refractivity contribution in [3.05, 3.63) is 68.7 Å². The standard InChI is InChI=1S/C28H35FN3O11PS/c1-20(33)42-23-16-25(32-17-22(29)26(34)31-27(32)35)43-24(23)19-41-44(37,40-14-9-12-30)39-13-7-2-3-8-15-45-28(36)38-18-21-10-5-4-6-11-21/h4-6,10-11,17,23-25H,2-3,7-9,13-16,18-19H2,1H3,(H,31,34,35)/t23?,24-,25-,44?/m1/s1. The first kappa shape index (κ1) is 36.2. The summed E-state index contributed by atoms with van der Waals surface area (Å²) in [6, 6.07) is 11.2. The molecule has 1 aliphatic heterocycles. The fourth-order valence-corrected chi connectivity index (χ4v) is 6.04. The van der Waals surface area contributed by atoms with E-state index in [1.807, 2.05) is 41.4 Å². The molecular weight excluding hydrogens is 636 g/mol. The third kappa shape index (κ3) is 12.5. The summed E-state index contributed by atoms with van der Waals surface area (Å²) in [6.07, 6.45) is 0.0436. The van der Waals surface area contributed by atoms with Crippen molar-refractivity contribution in [2.75, 3.05) is 25.6 Å². The highest BCUT2D eigenvalue weighted by molar-refractivity contribution is 8.13. The smallest absolute Gasteiger partial charge is 0.460 e. The number of nitriles is 1. The first-order valence-electron chi connectivity index (χ1n) is 14.2. The number of thioether (sulfide) groups is 1. The molecule has 1 fully saturated rings. The maximum absolute atomic E-state index is 13.8. The van der Waals surface area contributed by atoms with E-state index in [9.17, 15) is 28.1 Å². The minimum absolute atomic E-state index is 0.00363. The highest BCUT2D eigenvalue weighted by Crippen LogP contribution is 2.50. The number of halogens is 1. The zero-order valence-electron chi connectivity index (χ0n) is 24.6. The number of nitrogens with zero attached hydrogens (tertiary/aromatic N) is 2. The number of hydrogen-bond acceptors (Lipinski definition) is 13. The van der Waals surface area contributed by atoms with E-state index in [0.717, 1.165) is 41.7 Å². The minimum Gasteiger partial charge on any atom is -0.460 e. The molecule has 0 aliphatic carbocycles. The van der Waals surface area contributed by atoms with E-state index < -0.39 is 55.9 Å². The largest absolute Gasteiger partial charge is 0.474 e. The number of phosphoric acid groups is 1. The number of aromatic nitrogens is 2. The number of benzene rings is 1. The van der Waals surface area contributed by atoms with Crippen molar-refractivity contribution in [3.8, 4) is 6.07 Å². The second-order valence-electron chi connectivity index (χ2n) is 9.76. The molecule has 0 amide bonds. The Hall–Kier alpha value is -3.32. The average Bonchev–Trinajstić information content (AvgIpc) is 3.40. The van der Waals surface area contributed by atoms with Crippen molar-refractivity contribution >= 4 is 30.9 Å². The molecule has 1 N–H and O–H groups in total. The first-order valence-corrected chi connectivity index (χ1v) is 16.6. The summed E-state index contributed by atoms with van der Waals surface area (Å²) in [6.45, 7) is 0.682. The van der Waals surface area contributed by atoms with E-state index in [2.05, 4.69) is 0 Å². The van der Waals surface area contributed by atoms with Crippen LogP contribution in [0.25, 0.3) is 0 Å². The number of carbonyl (C=O) groups is 2. The molecule has 2 aromatic rings. The van der Waals surface area contributed by atoms with Gasteiger partial charge in [-0.1, -0.05) is 43.2 Å². The van der Waals surface area contributed by atoms with Crippen LogP contribution in [0, 0.1) is 17.1 Å². The molecule has 4 atom stereocenters. The van der Waals surface area contributed by atoms with Crippen LogP contribution in [0.1, 0.15) is 57.2 Å². The van der Waals surface area contributed by atoms with Crippen LogP contribution >= 0.6 is 19.6 Å². The number of H-pyrrole nitrogens is 1. The summed E-state index contributed by atoms with van der Waals surface area (Å²) in [5.41, 5.74) is -1.23. The number of rotatable bonds is 18. The van der Waals surface area contributed by atoms with Crippen LogP contribution in [-0.2, 0) is 43.7 Å².